The topological polar surface area (TPSA) is 39.2 Å². The third-order valence-electron chi connectivity index (χ3n) is 4.63. The lowest BCUT2D eigenvalue weighted by molar-refractivity contribution is 0.638. The largest absolute Gasteiger partial charge is 0.419 e. The molecule has 2 heterocycles. The van der Waals surface area contributed by atoms with Gasteiger partial charge in [-0.1, -0.05) is 72.8 Å². The van der Waals surface area contributed by atoms with Crippen molar-refractivity contribution in [3.05, 3.63) is 103 Å². The van der Waals surface area contributed by atoms with Crippen LogP contribution in [0.25, 0.3) is 33.2 Å². The minimum atomic E-state index is -1.19. The number of aromatic nitrogens is 1. The summed E-state index contributed by atoms with van der Waals surface area (Å²) in [6, 6.07) is 32.5. The Labute approximate surface area is 163 Å². The van der Waals surface area contributed by atoms with E-state index in [1.54, 1.807) is 0 Å². The quantitative estimate of drug-likeness (QED) is 0.326. The van der Waals surface area contributed by atoms with Gasteiger partial charge in [0.25, 0.3) is 0 Å². The smallest absolute Gasteiger partial charge is 0.222 e. The van der Waals surface area contributed by atoms with Crippen molar-refractivity contribution in [2.24, 2.45) is 0 Å². The van der Waals surface area contributed by atoms with Crippen molar-refractivity contribution in [2.75, 3.05) is 0 Å². The molecule has 5 rings (SSSR count). The highest BCUT2D eigenvalue weighted by Crippen LogP contribution is 2.37. The SMILES string of the molecule is c1ccc(-c2cccc(Cp3oc4ccccc4c4ccccc4o3)n2)cc1. The zero-order valence-corrected chi connectivity index (χ0v) is 16.1. The van der Waals surface area contributed by atoms with E-state index in [0.29, 0.717) is 6.16 Å². The Hall–Kier alpha value is -3.29. The predicted molar refractivity (Wildman–Crippen MR) is 115 cm³/mol. The van der Waals surface area contributed by atoms with Crippen LogP contribution in [0.4, 0.5) is 0 Å². The minimum absolute atomic E-state index is 0.624. The molecule has 0 atom stereocenters. The fraction of sp³-hybridized carbons (Fsp3) is 0.0417. The van der Waals surface area contributed by atoms with Gasteiger partial charge in [-0.3, -0.25) is 4.98 Å². The summed E-state index contributed by atoms with van der Waals surface area (Å²) in [5.74, 6) is 0. The summed E-state index contributed by atoms with van der Waals surface area (Å²) < 4.78 is 12.6. The number of rotatable bonds is 3. The monoisotopic (exact) mass is 383 g/mol. The first-order valence-corrected chi connectivity index (χ1v) is 10.6. The highest BCUT2D eigenvalue weighted by Gasteiger charge is 2.08. The van der Waals surface area contributed by atoms with E-state index in [4.69, 9.17) is 13.4 Å². The molecule has 5 aromatic rings. The third kappa shape index (κ3) is 3.33. The Morgan fingerprint density at radius 1 is 0.607 bits per heavy atom. The molecule has 0 saturated heterocycles. The van der Waals surface area contributed by atoms with Gasteiger partial charge in [-0.2, -0.15) is 0 Å². The molecule has 0 spiro atoms. The van der Waals surface area contributed by atoms with Gasteiger partial charge in [-0.15, -0.1) is 0 Å². The molecule has 0 saturated carbocycles. The van der Waals surface area contributed by atoms with Crippen molar-refractivity contribution in [1.29, 1.82) is 0 Å². The summed E-state index contributed by atoms with van der Waals surface area (Å²) in [5, 5.41) is 2.13. The van der Waals surface area contributed by atoms with E-state index in [1.807, 2.05) is 72.8 Å². The van der Waals surface area contributed by atoms with Crippen molar-refractivity contribution in [3.8, 4) is 11.3 Å². The molecule has 3 nitrogen and oxygen atoms in total. The molecule has 0 unspecified atom stereocenters. The van der Waals surface area contributed by atoms with Gasteiger partial charge in [0.2, 0.25) is 8.01 Å². The Balaban J connectivity index is 1.62. The first kappa shape index (κ1) is 16.9. The van der Waals surface area contributed by atoms with E-state index in [-0.39, 0.29) is 0 Å². The fourth-order valence-electron chi connectivity index (χ4n) is 3.31. The van der Waals surface area contributed by atoms with Gasteiger partial charge in [-0.25, -0.2) is 0 Å². The summed E-state index contributed by atoms with van der Waals surface area (Å²) in [6.45, 7) is 0. The van der Waals surface area contributed by atoms with Crippen LogP contribution in [0.3, 0.4) is 0 Å². The lowest BCUT2D eigenvalue weighted by Gasteiger charge is -2.04. The molecule has 0 aliphatic heterocycles. The average molecular weight is 383 g/mol. The Morgan fingerprint density at radius 2 is 1.21 bits per heavy atom. The molecule has 4 heteroatoms. The average Bonchev–Trinajstić information content (AvgIpc) is 2.91. The molecule has 0 fully saturated rings. The van der Waals surface area contributed by atoms with Gasteiger partial charge in [0.05, 0.1) is 17.5 Å². The second-order valence-electron chi connectivity index (χ2n) is 6.55. The molecule has 136 valence electrons. The summed E-state index contributed by atoms with van der Waals surface area (Å²) in [4.78, 5) is 4.84. The van der Waals surface area contributed by atoms with Gasteiger partial charge < -0.3 is 8.39 Å². The summed E-state index contributed by atoms with van der Waals surface area (Å²) in [6.07, 6.45) is 0.624. The zero-order valence-electron chi connectivity index (χ0n) is 15.2. The van der Waals surface area contributed by atoms with Crippen molar-refractivity contribution in [1.82, 2.24) is 4.98 Å². The van der Waals surface area contributed by atoms with Gasteiger partial charge in [0, 0.05) is 16.3 Å². The fourth-order valence-corrected chi connectivity index (χ4v) is 4.67. The van der Waals surface area contributed by atoms with Crippen molar-refractivity contribution >= 4 is 30.0 Å². The molecule has 0 bridgehead atoms. The Kier molecular flexibility index (Phi) is 4.44. The molecule has 0 amide bonds. The summed E-state index contributed by atoms with van der Waals surface area (Å²) in [5.41, 5.74) is 4.75. The van der Waals surface area contributed by atoms with E-state index in [2.05, 4.69) is 24.3 Å². The van der Waals surface area contributed by atoms with Gasteiger partial charge in [0.15, 0.2) is 0 Å². The maximum Gasteiger partial charge on any atom is 0.222 e. The Morgan fingerprint density at radius 3 is 1.89 bits per heavy atom. The molecule has 3 aromatic carbocycles. The minimum Gasteiger partial charge on any atom is -0.419 e. The van der Waals surface area contributed by atoms with E-state index in [1.165, 1.54) is 0 Å². The van der Waals surface area contributed by atoms with Crippen LogP contribution in [-0.2, 0) is 6.16 Å². The first-order valence-electron chi connectivity index (χ1n) is 9.20. The van der Waals surface area contributed by atoms with Crippen LogP contribution in [0.15, 0.2) is 105 Å². The second kappa shape index (κ2) is 7.38. The summed E-state index contributed by atoms with van der Waals surface area (Å²) in [7, 11) is -1.19. The number of pyridine rings is 1. The van der Waals surface area contributed by atoms with Gasteiger partial charge in [0.1, 0.15) is 11.2 Å². The third-order valence-corrected chi connectivity index (χ3v) is 6.01. The van der Waals surface area contributed by atoms with Crippen molar-refractivity contribution in [3.63, 3.8) is 0 Å². The van der Waals surface area contributed by atoms with Crippen molar-refractivity contribution < 1.29 is 8.39 Å². The number of hydrogen-bond donors (Lipinski definition) is 0. The standard InChI is InChI=1S/C24H18NO2P/c1-2-9-18(10-3-1)22-14-8-11-19(25-22)17-28-26-23-15-6-4-12-20(23)21-13-5-7-16-24(21)27-28/h1-16H,17H2. The second-order valence-corrected chi connectivity index (χ2v) is 7.89. The molecule has 0 aliphatic carbocycles. The number of hydrogen-bond acceptors (Lipinski definition) is 3. The van der Waals surface area contributed by atoms with E-state index < -0.39 is 8.01 Å². The van der Waals surface area contributed by atoms with Crippen LogP contribution in [0.2, 0.25) is 0 Å². The normalized spacial score (nSPS) is 11.0. The zero-order chi connectivity index (χ0) is 18.8. The lowest BCUT2D eigenvalue weighted by atomic mass is 10.1. The van der Waals surface area contributed by atoms with Crippen LogP contribution in [0.5, 0.6) is 0 Å². The molecular formula is C24H18NO2P. The molecule has 0 aliphatic rings. The Bertz CT molecular complexity index is 1240. The van der Waals surface area contributed by atoms with E-state index in [9.17, 15) is 0 Å². The molecule has 0 N–H and O–H groups in total. The molecule has 28 heavy (non-hydrogen) atoms. The van der Waals surface area contributed by atoms with Crippen LogP contribution in [0, 0.1) is 0 Å². The number of nitrogens with zero attached hydrogens (tertiary/aromatic N) is 1. The van der Waals surface area contributed by atoms with Crippen LogP contribution in [-0.4, -0.2) is 4.98 Å². The highest BCUT2D eigenvalue weighted by molar-refractivity contribution is 7.36. The molecule has 2 aromatic heterocycles. The number of benzene rings is 3. The van der Waals surface area contributed by atoms with E-state index >= 15 is 0 Å². The maximum atomic E-state index is 6.29. The highest BCUT2D eigenvalue weighted by atomic mass is 31.1. The molecule has 0 radical (unpaired) electrons. The lowest BCUT2D eigenvalue weighted by Crippen LogP contribution is -1.89. The van der Waals surface area contributed by atoms with Crippen LogP contribution >= 0.6 is 8.01 Å². The van der Waals surface area contributed by atoms with Crippen LogP contribution in [0.1, 0.15) is 5.69 Å². The summed E-state index contributed by atoms with van der Waals surface area (Å²) >= 11 is 0. The van der Waals surface area contributed by atoms with Gasteiger partial charge in [-0.05, 0) is 24.3 Å². The van der Waals surface area contributed by atoms with Crippen LogP contribution < -0.4 is 0 Å². The van der Waals surface area contributed by atoms with E-state index in [0.717, 1.165) is 38.9 Å². The maximum absolute atomic E-state index is 6.29. The molecular weight excluding hydrogens is 365 g/mol. The van der Waals surface area contributed by atoms with Crippen molar-refractivity contribution in [2.45, 2.75) is 6.16 Å². The predicted octanol–water partition coefficient (Wildman–Crippen LogP) is 7.40. The number of fused-ring (bicyclic) bond motifs is 3. The first-order chi connectivity index (χ1) is 13.9. The van der Waals surface area contributed by atoms with Gasteiger partial charge >= 0.3 is 0 Å². The number of para-hydroxylation sites is 2.